The Labute approximate surface area is 99.8 Å². The summed E-state index contributed by atoms with van der Waals surface area (Å²) < 4.78 is 0. The summed E-state index contributed by atoms with van der Waals surface area (Å²) in [7, 11) is 2.17. The lowest BCUT2D eigenvalue weighted by Crippen LogP contribution is -2.38. The Morgan fingerprint density at radius 1 is 1.19 bits per heavy atom. The molecule has 0 spiro atoms. The molecule has 88 valence electrons. The van der Waals surface area contributed by atoms with Gasteiger partial charge in [-0.2, -0.15) is 0 Å². The maximum atomic E-state index is 2.37. The molecule has 0 atom stereocenters. The third-order valence-electron chi connectivity index (χ3n) is 3.21. The molecule has 0 aromatic heterocycles. The third kappa shape index (κ3) is 3.21. The predicted molar refractivity (Wildman–Crippen MR) is 71.5 cm³/mol. The van der Waals surface area contributed by atoms with E-state index in [1.54, 1.807) is 0 Å². The van der Waals surface area contributed by atoms with Crippen LogP contribution >= 0.6 is 0 Å². The van der Waals surface area contributed by atoms with Crippen molar-refractivity contribution >= 4 is 0 Å². The normalized spacial score (nSPS) is 11.6. The van der Waals surface area contributed by atoms with Crippen molar-refractivity contribution in [1.29, 1.82) is 0 Å². The van der Waals surface area contributed by atoms with E-state index in [1.165, 1.54) is 11.1 Å². The molecule has 0 unspecified atom stereocenters. The van der Waals surface area contributed by atoms with Gasteiger partial charge in [-0.25, -0.2) is 0 Å². The van der Waals surface area contributed by atoms with E-state index in [0.29, 0.717) is 0 Å². The van der Waals surface area contributed by atoms with Gasteiger partial charge >= 0.3 is 0 Å². The van der Waals surface area contributed by atoms with Crippen LogP contribution in [-0.4, -0.2) is 18.5 Å². The second kappa shape index (κ2) is 5.31. The van der Waals surface area contributed by atoms with Gasteiger partial charge in [-0.3, -0.25) is 4.90 Å². The van der Waals surface area contributed by atoms with E-state index in [9.17, 15) is 0 Å². The molecule has 1 nitrogen and oxygen atoms in total. The second-order valence-corrected chi connectivity index (χ2v) is 5.09. The Morgan fingerprint density at radius 2 is 1.75 bits per heavy atom. The Hall–Kier alpha value is -1.08. The van der Waals surface area contributed by atoms with Gasteiger partial charge in [-0.15, -0.1) is 0 Å². The van der Waals surface area contributed by atoms with E-state index in [-0.39, 0.29) is 5.54 Å². The first kappa shape index (κ1) is 13.0. The molecule has 1 aromatic carbocycles. The molecule has 0 fully saturated rings. The molecule has 1 rings (SSSR count). The molecule has 0 N–H and O–H groups in total. The second-order valence-electron chi connectivity index (χ2n) is 5.09. The number of hydrogen-bond acceptors (Lipinski definition) is 1. The lowest BCUT2D eigenvalue weighted by Gasteiger charge is -2.35. The largest absolute Gasteiger partial charge is 0.294 e. The first-order chi connectivity index (χ1) is 7.44. The minimum atomic E-state index is 0.0766. The van der Waals surface area contributed by atoms with Crippen LogP contribution in [0, 0.1) is 0 Å². The highest BCUT2D eigenvalue weighted by atomic mass is 15.2. The minimum Gasteiger partial charge on any atom is -0.294 e. The van der Waals surface area contributed by atoms with Gasteiger partial charge in [-0.05, 0) is 40.3 Å². The molecule has 16 heavy (non-hydrogen) atoms. The van der Waals surface area contributed by atoms with E-state index in [2.05, 4.69) is 76.1 Å². The molecule has 1 heteroatoms. The smallest absolute Gasteiger partial charge is 0.0404 e. The van der Waals surface area contributed by atoms with Crippen molar-refractivity contribution in [3.8, 4) is 0 Å². The van der Waals surface area contributed by atoms with Crippen molar-refractivity contribution in [3.63, 3.8) is 0 Å². The molecule has 0 amide bonds. The zero-order valence-corrected chi connectivity index (χ0v) is 11.1. The van der Waals surface area contributed by atoms with E-state index >= 15 is 0 Å². The van der Waals surface area contributed by atoms with Crippen LogP contribution in [0.2, 0.25) is 0 Å². The maximum absolute atomic E-state index is 2.37. The van der Waals surface area contributed by atoms with E-state index in [0.717, 1.165) is 6.54 Å². The molecule has 0 saturated carbocycles. The fourth-order valence-electron chi connectivity index (χ4n) is 1.61. The summed E-state index contributed by atoms with van der Waals surface area (Å²) in [4.78, 5) is 2.37. The van der Waals surface area contributed by atoms with Crippen LogP contribution in [0.1, 0.15) is 33.3 Å². The van der Waals surface area contributed by atoms with Gasteiger partial charge in [-0.1, -0.05) is 42.0 Å². The number of benzene rings is 1. The highest BCUT2D eigenvalue weighted by Gasteiger charge is 2.24. The van der Waals surface area contributed by atoms with Crippen molar-refractivity contribution in [2.24, 2.45) is 0 Å². The number of rotatable bonds is 4. The van der Waals surface area contributed by atoms with Crippen LogP contribution in [0.25, 0.3) is 0 Å². The third-order valence-corrected chi connectivity index (χ3v) is 3.21. The number of nitrogens with zero attached hydrogens (tertiary/aromatic N) is 1. The average Bonchev–Trinajstić information content (AvgIpc) is 2.27. The van der Waals surface area contributed by atoms with Crippen molar-refractivity contribution < 1.29 is 0 Å². The van der Waals surface area contributed by atoms with Crippen molar-refractivity contribution in [2.45, 2.75) is 33.2 Å². The minimum absolute atomic E-state index is 0.0766. The summed E-state index contributed by atoms with van der Waals surface area (Å²) in [6, 6.07) is 10.7. The number of hydrogen-bond donors (Lipinski definition) is 0. The molecule has 1 aromatic rings. The summed E-state index contributed by atoms with van der Waals surface area (Å²) in [5.41, 5.74) is 2.81. The van der Waals surface area contributed by atoms with Crippen LogP contribution in [0.4, 0.5) is 0 Å². The molecule has 0 aliphatic heterocycles. The molecule has 0 aliphatic carbocycles. The lowest BCUT2D eigenvalue weighted by molar-refractivity contribution is 0.175. The Balaban J connectivity index is 2.81. The SMILES string of the molecule is CC(C)=CCN(C)C(C)(C)c1ccccc1. The fraction of sp³-hybridized carbons (Fsp3) is 0.467. The van der Waals surface area contributed by atoms with Gasteiger partial charge < -0.3 is 0 Å². The topological polar surface area (TPSA) is 3.24 Å². The predicted octanol–water partition coefficient (Wildman–Crippen LogP) is 3.82. The maximum Gasteiger partial charge on any atom is 0.0404 e. The van der Waals surface area contributed by atoms with Gasteiger partial charge in [0, 0.05) is 12.1 Å². The molecular weight excluding hydrogens is 194 g/mol. The fourth-order valence-corrected chi connectivity index (χ4v) is 1.61. The van der Waals surface area contributed by atoms with Crippen LogP contribution in [0.3, 0.4) is 0 Å². The Morgan fingerprint density at radius 3 is 2.25 bits per heavy atom. The van der Waals surface area contributed by atoms with E-state index in [4.69, 9.17) is 0 Å². The molecule has 0 bridgehead atoms. The quantitative estimate of drug-likeness (QED) is 0.693. The number of allylic oxidation sites excluding steroid dienone is 1. The van der Waals surface area contributed by atoms with Crippen LogP contribution in [-0.2, 0) is 5.54 Å². The van der Waals surface area contributed by atoms with E-state index < -0.39 is 0 Å². The highest BCUT2D eigenvalue weighted by Crippen LogP contribution is 2.25. The summed E-state index contributed by atoms with van der Waals surface area (Å²) in [6.07, 6.45) is 2.27. The zero-order chi connectivity index (χ0) is 12.2. The zero-order valence-electron chi connectivity index (χ0n) is 11.1. The lowest BCUT2D eigenvalue weighted by atomic mass is 9.92. The van der Waals surface area contributed by atoms with E-state index in [1.807, 2.05) is 0 Å². The van der Waals surface area contributed by atoms with Crippen molar-refractivity contribution in [2.75, 3.05) is 13.6 Å². The summed E-state index contributed by atoms with van der Waals surface area (Å²) in [5, 5.41) is 0. The summed E-state index contributed by atoms with van der Waals surface area (Å²) in [5.74, 6) is 0. The molecule has 0 heterocycles. The summed E-state index contributed by atoms with van der Waals surface area (Å²) in [6.45, 7) is 9.80. The van der Waals surface area contributed by atoms with Gasteiger partial charge in [0.05, 0.1) is 0 Å². The van der Waals surface area contributed by atoms with Gasteiger partial charge in [0.15, 0.2) is 0 Å². The van der Waals surface area contributed by atoms with Gasteiger partial charge in [0.25, 0.3) is 0 Å². The van der Waals surface area contributed by atoms with Crippen molar-refractivity contribution in [1.82, 2.24) is 4.90 Å². The Bertz CT molecular complexity index is 345. The first-order valence-electron chi connectivity index (χ1n) is 5.84. The van der Waals surface area contributed by atoms with Gasteiger partial charge in [0.2, 0.25) is 0 Å². The van der Waals surface area contributed by atoms with Gasteiger partial charge in [0.1, 0.15) is 0 Å². The summed E-state index contributed by atoms with van der Waals surface area (Å²) >= 11 is 0. The molecule has 0 radical (unpaired) electrons. The monoisotopic (exact) mass is 217 g/mol. The van der Waals surface area contributed by atoms with Crippen LogP contribution in [0.15, 0.2) is 42.0 Å². The molecular formula is C15H23N. The molecule has 0 aliphatic rings. The van der Waals surface area contributed by atoms with Crippen LogP contribution < -0.4 is 0 Å². The highest BCUT2D eigenvalue weighted by molar-refractivity contribution is 5.22. The van der Waals surface area contributed by atoms with Crippen molar-refractivity contribution in [3.05, 3.63) is 47.5 Å². The number of likely N-dealkylation sites (N-methyl/N-ethyl adjacent to an activating group) is 1. The van der Waals surface area contributed by atoms with Crippen LogP contribution in [0.5, 0.6) is 0 Å². The molecule has 0 saturated heterocycles. The average molecular weight is 217 g/mol. The first-order valence-corrected chi connectivity index (χ1v) is 5.84. The standard InChI is InChI=1S/C15H23N/c1-13(2)11-12-16(5)15(3,4)14-9-7-6-8-10-14/h6-11H,12H2,1-5H3. The Kier molecular flexibility index (Phi) is 4.31.